The Labute approximate surface area is 173 Å². The lowest BCUT2D eigenvalue weighted by Gasteiger charge is -2.08. The number of carbonyl (C=O) groups excluding carboxylic acids is 3. The largest absolute Gasteiger partial charge is 0.450 e. The number of thiophene rings is 1. The number of amides is 3. The average Bonchev–Trinajstić information content (AvgIpc) is 2.90. The molecule has 0 unspecified atom stereocenters. The first-order valence-electron chi connectivity index (χ1n) is 8.95. The van der Waals surface area contributed by atoms with Crippen LogP contribution in [-0.2, 0) is 16.0 Å². The van der Waals surface area contributed by atoms with E-state index in [1.165, 1.54) is 11.3 Å². The van der Waals surface area contributed by atoms with Gasteiger partial charge in [-0.15, -0.1) is 23.1 Å². The zero-order valence-electron chi connectivity index (χ0n) is 16.4. The third-order valence-electron chi connectivity index (χ3n) is 3.96. The number of rotatable bonds is 7. The fourth-order valence-electron chi connectivity index (χ4n) is 2.54. The number of nitrogens with one attached hydrogen (secondary N) is 2. The second-order valence-corrected chi connectivity index (χ2v) is 8.53. The van der Waals surface area contributed by atoms with Gasteiger partial charge in [-0.1, -0.05) is 19.1 Å². The van der Waals surface area contributed by atoms with Crippen LogP contribution in [0.4, 0.5) is 9.80 Å². The number of ether oxygens (including phenoxy) is 1. The monoisotopic (exact) mass is 420 g/mol. The Morgan fingerprint density at radius 2 is 1.79 bits per heavy atom. The molecule has 1 aromatic heterocycles. The van der Waals surface area contributed by atoms with Crippen molar-refractivity contribution in [3.8, 4) is 0 Å². The van der Waals surface area contributed by atoms with E-state index in [2.05, 4.69) is 17.6 Å². The van der Waals surface area contributed by atoms with Gasteiger partial charge in [0.1, 0.15) is 5.00 Å². The van der Waals surface area contributed by atoms with E-state index in [1.807, 2.05) is 31.2 Å². The molecule has 0 radical (unpaired) electrons. The van der Waals surface area contributed by atoms with Gasteiger partial charge in [0.25, 0.3) is 5.91 Å². The lowest BCUT2D eigenvalue weighted by molar-refractivity contribution is -0.115. The lowest BCUT2D eigenvalue weighted by Crippen LogP contribution is -2.32. The third-order valence-corrected chi connectivity index (χ3v) is 5.97. The molecule has 150 valence electrons. The summed E-state index contributed by atoms with van der Waals surface area (Å²) in [5, 5.41) is 5.42. The summed E-state index contributed by atoms with van der Waals surface area (Å²) in [6, 6.07) is 7.84. The summed E-state index contributed by atoms with van der Waals surface area (Å²) in [6.07, 6.45) is -0.607. The molecule has 0 aliphatic heterocycles. The van der Waals surface area contributed by atoms with Crippen LogP contribution in [0, 0.1) is 13.8 Å². The van der Waals surface area contributed by atoms with Crippen LogP contribution in [0.5, 0.6) is 0 Å². The molecule has 0 saturated heterocycles. The zero-order chi connectivity index (χ0) is 20.7. The minimum atomic E-state index is -0.807. The van der Waals surface area contributed by atoms with Gasteiger partial charge in [-0.25, -0.2) is 4.79 Å². The van der Waals surface area contributed by atoms with Gasteiger partial charge in [0.15, 0.2) is 0 Å². The molecule has 28 heavy (non-hydrogen) atoms. The van der Waals surface area contributed by atoms with Crippen molar-refractivity contribution in [1.29, 1.82) is 0 Å². The van der Waals surface area contributed by atoms with Gasteiger partial charge < -0.3 is 10.1 Å². The Balaban J connectivity index is 2.10. The molecule has 0 saturated carbocycles. The molecular formula is C20H24N2O4S2. The molecule has 0 atom stereocenters. The molecule has 2 rings (SSSR count). The van der Waals surface area contributed by atoms with Crippen LogP contribution in [0.1, 0.15) is 40.2 Å². The van der Waals surface area contributed by atoms with Gasteiger partial charge in [0.2, 0.25) is 5.91 Å². The summed E-state index contributed by atoms with van der Waals surface area (Å²) in [5.41, 5.74) is 1.90. The molecule has 0 aliphatic carbocycles. The number of alkyl carbamates (subject to hydrolysis) is 1. The maximum absolute atomic E-state index is 12.5. The minimum absolute atomic E-state index is 0.167. The van der Waals surface area contributed by atoms with Crippen LogP contribution in [0.3, 0.4) is 0 Å². The van der Waals surface area contributed by atoms with Gasteiger partial charge in [-0.2, -0.15) is 0 Å². The first-order chi connectivity index (χ1) is 13.3. The Morgan fingerprint density at radius 3 is 2.39 bits per heavy atom. The molecule has 2 aromatic rings. The van der Waals surface area contributed by atoms with Crippen molar-refractivity contribution in [3.05, 3.63) is 45.8 Å². The SMILES string of the molecule is CCOC(=O)NC(=O)c1c(NC(=O)Cc2ccc(SCC)cc2)sc(C)c1C. The highest BCUT2D eigenvalue weighted by Crippen LogP contribution is 2.32. The van der Waals surface area contributed by atoms with Crippen LogP contribution in [0.15, 0.2) is 29.2 Å². The number of anilines is 1. The van der Waals surface area contributed by atoms with Gasteiger partial charge in [0, 0.05) is 9.77 Å². The number of benzene rings is 1. The fraction of sp³-hybridized carbons (Fsp3) is 0.350. The topological polar surface area (TPSA) is 84.5 Å². The Morgan fingerprint density at radius 1 is 1.11 bits per heavy atom. The third kappa shape index (κ3) is 5.84. The van der Waals surface area contributed by atoms with Crippen molar-refractivity contribution in [2.45, 2.75) is 39.0 Å². The number of carbonyl (C=O) groups is 3. The first-order valence-corrected chi connectivity index (χ1v) is 10.8. The van der Waals surface area contributed by atoms with Crippen LogP contribution in [0.2, 0.25) is 0 Å². The summed E-state index contributed by atoms with van der Waals surface area (Å²) < 4.78 is 4.75. The molecule has 3 amide bonds. The summed E-state index contributed by atoms with van der Waals surface area (Å²) >= 11 is 3.05. The predicted octanol–water partition coefficient (Wildman–Crippen LogP) is 4.54. The number of hydrogen-bond donors (Lipinski definition) is 2. The summed E-state index contributed by atoms with van der Waals surface area (Å²) in [6.45, 7) is 7.56. The van der Waals surface area contributed by atoms with E-state index in [4.69, 9.17) is 4.74 Å². The maximum Gasteiger partial charge on any atom is 0.414 e. The van der Waals surface area contributed by atoms with Crippen LogP contribution >= 0.6 is 23.1 Å². The van der Waals surface area contributed by atoms with Crippen molar-refractivity contribution in [2.24, 2.45) is 0 Å². The molecule has 6 nitrogen and oxygen atoms in total. The molecule has 0 aliphatic rings. The minimum Gasteiger partial charge on any atom is -0.450 e. The van der Waals surface area contributed by atoms with E-state index in [-0.39, 0.29) is 18.9 Å². The number of hydrogen-bond acceptors (Lipinski definition) is 6. The Kier molecular flexibility index (Phi) is 8.07. The highest BCUT2D eigenvalue weighted by Gasteiger charge is 2.23. The fourth-order valence-corrected chi connectivity index (χ4v) is 4.27. The second kappa shape index (κ2) is 10.3. The second-order valence-electron chi connectivity index (χ2n) is 5.96. The van der Waals surface area contributed by atoms with E-state index in [0.717, 1.165) is 26.7 Å². The molecule has 0 fully saturated rings. The van der Waals surface area contributed by atoms with Crippen molar-refractivity contribution in [3.63, 3.8) is 0 Å². The van der Waals surface area contributed by atoms with Crippen LogP contribution in [-0.4, -0.2) is 30.3 Å². The highest BCUT2D eigenvalue weighted by atomic mass is 32.2. The van der Waals surface area contributed by atoms with Gasteiger partial charge >= 0.3 is 6.09 Å². The number of imide groups is 1. The summed E-state index contributed by atoms with van der Waals surface area (Å²) in [4.78, 5) is 38.6. The van der Waals surface area contributed by atoms with E-state index < -0.39 is 12.0 Å². The van der Waals surface area contributed by atoms with E-state index in [0.29, 0.717) is 10.6 Å². The van der Waals surface area contributed by atoms with Crippen molar-refractivity contribution in [2.75, 3.05) is 17.7 Å². The summed E-state index contributed by atoms with van der Waals surface area (Å²) in [7, 11) is 0. The van der Waals surface area contributed by atoms with Crippen molar-refractivity contribution >= 4 is 46.0 Å². The van der Waals surface area contributed by atoms with Crippen molar-refractivity contribution in [1.82, 2.24) is 5.32 Å². The standard InChI is InChI=1S/C20H24N2O4S2/c1-5-26-20(25)22-18(24)17-12(3)13(4)28-19(17)21-16(23)11-14-7-9-15(10-8-14)27-6-2/h7-10H,5-6,11H2,1-4H3,(H,21,23)(H,22,24,25). The van der Waals surface area contributed by atoms with E-state index in [1.54, 1.807) is 25.6 Å². The predicted molar refractivity (Wildman–Crippen MR) is 113 cm³/mol. The lowest BCUT2D eigenvalue weighted by atomic mass is 10.1. The zero-order valence-corrected chi connectivity index (χ0v) is 18.0. The average molecular weight is 421 g/mol. The van der Waals surface area contributed by atoms with Crippen LogP contribution in [0.25, 0.3) is 0 Å². The van der Waals surface area contributed by atoms with E-state index in [9.17, 15) is 14.4 Å². The van der Waals surface area contributed by atoms with Gasteiger partial charge in [0.05, 0.1) is 18.6 Å². The van der Waals surface area contributed by atoms with Crippen molar-refractivity contribution < 1.29 is 19.1 Å². The number of aryl methyl sites for hydroxylation is 1. The molecule has 2 N–H and O–H groups in total. The van der Waals surface area contributed by atoms with E-state index >= 15 is 0 Å². The Hall–Kier alpha value is -2.32. The summed E-state index contributed by atoms with van der Waals surface area (Å²) in [5.74, 6) is 0.187. The molecule has 1 heterocycles. The highest BCUT2D eigenvalue weighted by molar-refractivity contribution is 7.99. The number of thioether (sulfide) groups is 1. The van der Waals surface area contributed by atoms with Gasteiger partial charge in [-0.3, -0.25) is 14.9 Å². The molecular weight excluding hydrogens is 396 g/mol. The molecule has 0 spiro atoms. The Bertz CT molecular complexity index is 860. The normalized spacial score (nSPS) is 10.4. The van der Waals surface area contributed by atoms with Crippen LogP contribution < -0.4 is 10.6 Å². The molecule has 8 heteroatoms. The van der Waals surface area contributed by atoms with Gasteiger partial charge in [-0.05, 0) is 49.8 Å². The quantitative estimate of drug-likeness (QED) is 0.642. The maximum atomic E-state index is 12.5. The first kappa shape index (κ1) is 22.0. The molecule has 0 bridgehead atoms. The smallest absolute Gasteiger partial charge is 0.414 e. The molecule has 1 aromatic carbocycles.